The number of pyridine rings is 1. The topological polar surface area (TPSA) is 99.2 Å². The van der Waals surface area contributed by atoms with E-state index in [4.69, 9.17) is 0 Å². The second-order valence-electron chi connectivity index (χ2n) is 9.14. The summed E-state index contributed by atoms with van der Waals surface area (Å²) in [6.45, 7) is 6.81. The summed E-state index contributed by atoms with van der Waals surface area (Å²) in [7, 11) is 0. The summed E-state index contributed by atoms with van der Waals surface area (Å²) in [5, 5.41) is 14.6. The first-order chi connectivity index (χ1) is 17.6. The lowest BCUT2D eigenvalue weighted by Crippen LogP contribution is -2.26. The number of rotatable bonds is 9. The van der Waals surface area contributed by atoms with Crippen LogP contribution in [0.4, 0.5) is 0 Å². The molecule has 0 radical (unpaired) electrons. The van der Waals surface area contributed by atoms with Gasteiger partial charge in [0, 0.05) is 42.1 Å². The Kier molecular flexibility index (Phi) is 6.62. The molecule has 0 spiro atoms. The molecule has 1 N–H and O–H groups in total. The lowest BCUT2D eigenvalue weighted by Gasteiger charge is -2.14. The fraction of sp³-hybridized carbons (Fsp3) is 0.296. The zero-order valence-corrected chi connectivity index (χ0v) is 20.8. The molecule has 9 heteroatoms. The van der Waals surface area contributed by atoms with E-state index in [0.717, 1.165) is 53.0 Å². The van der Waals surface area contributed by atoms with Crippen molar-refractivity contribution in [3.8, 4) is 28.3 Å². The molecule has 36 heavy (non-hydrogen) atoms. The van der Waals surface area contributed by atoms with Crippen LogP contribution in [0.2, 0.25) is 0 Å². The first-order valence-electron chi connectivity index (χ1n) is 12.3. The molecule has 0 aliphatic heterocycles. The van der Waals surface area contributed by atoms with E-state index in [0.29, 0.717) is 12.4 Å². The van der Waals surface area contributed by atoms with E-state index in [1.807, 2.05) is 65.6 Å². The average Bonchev–Trinajstić information content (AvgIpc) is 3.65. The maximum absolute atomic E-state index is 13.8. The Labute approximate surface area is 209 Å². The van der Waals surface area contributed by atoms with Crippen LogP contribution in [0, 0.1) is 0 Å². The summed E-state index contributed by atoms with van der Waals surface area (Å²) in [5.74, 6) is 1.40. The second-order valence-corrected chi connectivity index (χ2v) is 9.14. The molecule has 0 bridgehead atoms. The normalized spacial score (nSPS) is 11.4. The highest BCUT2D eigenvalue weighted by Gasteiger charge is 2.19. The van der Waals surface area contributed by atoms with Crippen molar-refractivity contribution in [3.05, 3.63) is 89.0 Å². The van der Waals surface area contributed by atoms with Gasteiger partial charge in [-0.1, -0.05) is 37.6 Å². The van der Waals surface area contributed by atoms with Gasteiger partial charge in [0.05, 0.1) is 6.54 Å². The molecule has 1 aromatic carbocycles. The summed E-state index contributed by atoms with van der Waals surface area (Å²) in [6.07, 6.45) is 10.5. The van der Waals surface area contributed by atoms with Gasteiger partial charge in [0.15, 0.2) is 0 Å². The fourth-order valence-electron chi connectivity index (χ4n) is 4.62. The summed E-state index contributed by atoms with van der Waals surface area (Å²) >= 11 is 0. The van der Waals surface area contributed by atoms with E-state index < -0.39 is 0 Å². The van der Waals surface area contributed by atoms with E-state index in [9.17, 15) is 4.79 Å². The molecule has 0 amide bonds. The maximum Gasteiger partial charge on any atom is 0.334 e. The van der Waals surface area contributed by atoms with Gasteiger partial charge in [-0.2, -0.15) is 5.21 Å². The number of H-pyrrole nitrogens is 1. The molecule has 5 rings (SSSR count). The van der Waals surface area contributed by atoms with Crippen molar-refractivity contribution in [1.29, 1.82) is 0 Å². The number of tetrazole rings is 1. The van der Waals surface area contributed by atoms with Gasteiger partial charge >= 0.3 is 5.69 Å². The van der Waals surface area contributed by atoms with Crippen LogP contribution in [0.25, 0.3) is 28.3 Å². The van der Waals surface area contributed by atoms with Crippen LogP contribution < -0.4 is 5.69 Å². The van der Waals surface area contributed by atoms with Gasteiger partial charge in [0.2, 0.25) is 5.82 Å². The van der Waals surface area contributed by atoms with Crippen molar-refractivity contribution < 1.29 is 0 Å². The Balaban J connectivity index is 1.61. The third kappa shape index (κ3) is 4.39. The largest absolute Gasteiger partial charge is 0.334 e. The molecular weight excluding hydrogens is 452 g/mol. The number of aromatic amines is 1. The molecule has 0 aliphatic carbocycles. The Hall–Kier alpha value is -4.27. The van der Waals surface area contributed by atoms with Crippen LogP contribution in [0.1, 0.15) is 50.9 Å². The SMILES string of the molecule is CCCCc1cn(-c2cccn2C(C)C)c(=O)n1Cc1cnccc1-c1ccccc1-c1nn[nH]n1. The van der Waals surface area contributed by atoms with Crippen LogP contribution in [0.5, 0.6) is 0 Å². The molecule has 0 saturated carbocycles. The van der Waals surface area contributed by atoms with Crippen molar-refractivity contribution >= 4 is 0 Å². The highest BCUT2D eigenvalue weighted by atomic mass is 16.1. The number of aryl methyl sites for hydroxylation is 1. The lowest BCUT2D eigenvalue weighted by molar-refractivity contribution is 0.583. The van der Waals surface area contributed by atoms with Gasteiger partial charge in [-0.15, -0.1) is 10.2 Å². The standard InChI is InChI=1S/C27H30N8O/c1-4-5-9-21-18-35(25-12-8-15-33(25)19(2)3)27(36)34(21)17-20-16-28-14-13-22(20)23-10-6-7-11-24(23)26-29-31-32-30-26/h6-8,10-16,18-19H,4-5,9,17H2,1-3H3,(H,29,30,31,32). The molecule has 0 atom stereocenters. The molecule has 4 aromatic heterocycles. The number of hydrogen-bond acceptors (Lipinski definition) is 5. The van der Waals surface area contributed by atoms with Gasteiger partial charge in [0.25, 0.3) is 0 Å². The molecule has 0 unspecified atom stereocenters. The highest BCUT2D eigenvalue weighted by Crippen LogP contribution is 2.32. The lowest BCUT2D eigenvalue weighted by atomic mass is 9.96. The monoisotopic (exact) mass is 482 g/mol. The second kappa shape index (κ2) is 10.2. The third-order valence-corrected chi connectivity index (χ3v) is 6.44. The molecule has 9 nitrogen and oxygen atoms in total. The Bertz CT molecular complexity index is 1510. The van der Waals surface area contributed by atoms with Crippen molar-refractivity contribution in [2.75, 3.05) is 0 Å². The fourth-order valence-corrected chi connectivity index (χ4v) is 4.62. The van der Waals surface area contributed by atoms with Crippen LogP contribution in [0.3, 0.4) is 0 Å². The predicted molar refractivity (Wildman–Crippen MR) is 139 cm³/mol. The molecule has 184 valence electrons. The van der Waals surface area contributed by atoms with Crippen LogP contribution in [-0.4, -0.2) is 39.3 Å². The van der Waals surface area contributed by atoms with Crippen molar-refractivity contribution in [2.24, 2.45) is 0 Å². The zero-order chi connectivity index (χ0) is 25.1. The molecule has 4 heterocycles. The number of unbranched alkanes of at least 4 members (excludes halogenated alkanes) is 1. The van der Waals surface area contributed by atoms with E-state index in [1.54, 1.807) is 10.8 Å². The first kappa shape index (κ1) is 23.5. The number of benzene rings is 1. The summed E-state index contributed by atoms with van der Waals surface area (Å²) in [6, 6.07) is 14.1. The Morgan fingerprint density at radius 3 is 2.61 bits per heavy atom. The minimum absolute atomic E-state index is 0.0528. The molecule has 5 aromatic rings. The smallest absolute Gasteiger partial charge is 0.332 e. The molecular formula is C27H30N8O. The minimum Gasteiger partial charge on any atom is -0.332 e. The Morgan fingerprint density at radius 1 is 1.03 bits per heavy atom. The highest BCUT2D eigenvalue weighted by molar-refractivity contribution is 5.81. The van der Waals surface area contributed by atoms with Crippen molar-refractivity contribution in [1.82, 2.24) is 39.3 Å². The predicted octanol–water partition coefficient (Wildman–Crippen LogP) is 4.65. The van der Waals surface area contributed by atoms with Gasteiger partial charge in [-0.25, -0.2) is 4.79 Å². The van der Waals surface area contributed by atoms with Crippen LogP contribution >= 0.6 is 0 Å². The average molecular weight is 483 g/mol. The first-order valence-corrected chi connectivity index (χ1v) is 12.3. The van der Waals surface area contributed by atoms with E-state index in [2.05, 4.69) is 50.9 Å². The van der Waals surface area contributed by atoms with Crippen LogP contribution in [-0.2, 0) is 13.0 Å². The minimum atomic E-state index is -0.0528. The summed E-state index contributed by atoms with van der Waals surface area (Å²) in [5.41, 5.74) is 4.72. The summed E-state index contributed by atoms with van der Waals surface area (Å²) in [4.78, 5) is 18.2. The molecule has 0 fully saturated rings. The van der Waals surface area contributed by atoms with Crippen molar-refractivity contribution in [2.45, 2.75) is 52.6 Å². The molecule has 0 aliphatic rings. The van der Waals surface area contributed by atoms with Crippen molar-refractivity contribution in [3.63, 3.8) is 0 Å². The number of imidazole rings is 1. The van der Waals surface area contributed by atoms with Crippen LogP contribution in [0.15, 0.2) is 72.0 Å². The van der Waals surface area contributed by atoms with Gasteiger partial charge in [-0.3, -0.25) is 14.1 Å². The van der Waals surface area contributed by atoms with E-state index >= 15 is 0 Å². The van der Waals surface area contributed by atoms with Gasteiger partial charge < -0.3 is 4.57 Å². The zero-order valence-electron chi connectivity index (χ0n) is 20.8. The van der Waals surface area contributed by atoms with Gasteiger partial charge in [-0.05, 0) is 66.8 Å². The molecule has 0 saturated heterocycles. The van der Waals surface area contributed by atoms with Gasteiger partial charge in [0.1, 0.15) is 5.82 Å². The number of nitrogens with one attached hydrogen (secondary N) is 1. The number of aromatic nitrogens is 8. The summed E-state index contributed by atoms with van der Waals surface area (Å²) < 4.78 is 5.77. The van der Waals surface area contributed by atoms with E-state index in [1.165, 1.54) is 0 Å². The Morgan fingerprint density at radius 2 is 1.86 bits per heavy atom. The maximum atomic E-state index is 13.8. The third-order valence-electron chi connectivity index (χ3n) is 6.44. The quantitative estimate of drug-likeness (QED) is 0.330. The number of nitrogens with zero attached hydrogens (tertiary/aromatic N) is 7. The van der Waals surface area contributed by atoms with E-state index in [-0.39, 0.29) is 11.7 Å². The number of hydrogen-bond donors (Lipinski definition) is 1.